The molecule has 0 aliphatic heterocycles. The van der Waals surface area contributed by atoms with Crippen LogP contribution in [0.25, 0.3) is 0 Å². The summed E-state index contributed by atoms with van der Waals surface area (Å²) in [5.74, 6) is -1.24. The molecular formula is C10H11ClFNO6S. The van der Waals surface area contributed by atoms with Crippen molar-refractivity contribution in [1.82, 2.24) is 0 Å². The van der Waals surface area contributed by atoms with Crippen LogP contribution < -0.4 is 4.74 Å². The lowest BCUT2D eigenvalue weighted by Gasteiger charge is -2.07. The second-order valence-corrected chi connectivity index (χ2v) is 6.47. The molecule has 7 nitrogen and oxygen atoms in total. The van der Waals surface area contributed by atoms with E-state index in [1.165, 1.54) is 0 Å². The number of hydrogen-bond donors (Lipinski definition) is 0. The minimum Gasteiger partial charge on any atom is -0.484 e. The maximum absolute atomic E-state index is 13.0. The van der Waals surface area contributed by atoms with E-state index >= 15 is 0 Å². The summed E-state index contributed by atoms with van der Waals surface area (Å²) in [6.45, 7) is -0.229. The summed E-state index contributed by atoms with van der Waals surface area (Å²) in [7, 11) is 1.34. The summed E-state index contributed by atoms with van der Waals surface area (Å²) in [6, 6.07) is 2.83. The Morgan fingerprint density at radius 2 is 2.00 bits per heavy atom. The van der Waals surface area contributed by atoms with Crippen molar-refractivity contribution in [2.75, 3.05) is 25.6 Å². The standard InChI is InChI=1S/C10H11ClFNO6S/c11-20(16,17)6-5-18-3-4-19-10-7-8(12)1-2-9(10)13(14)15/h1-2,7H,3-6H2. The van der Waals surface area contributed by atoms with Gasteiger partial charge in [0.15, 0.2) is 5.75 Å². The molecule has 1 aromatic rings. The Morgan fingerprint density at radius 3 is 2.60 bits per heavy atom. The molecule has 20 heavy (non-hydrogen) atoms. The van der Waals surface area contributed by atoms with Gasteiger partial charge in [-0.25, -0.2) is 12.8 Å². The molecule has 0 atom stereocenters. The summed E-state index contributed by atoms with van der Waals surface area (Å²) in [5.41, 5.74) is -0.366. The van der Waals surface area contributed by atoms with Crippen LogP contribution in [-0.2, 0) is 13.8 Å². The molecule has 0 saturated carbocycles. The first-order valence-electron chi connectivity index (χ1n) is 5.36. The Balaban J connectivity index is 2.42. The Kier molecular flexibility index (Phi) is 6.11. The van der Waals surface area contributed by atoms with Crippen LogP contribution in [0.4, 0.5) is 10.1 Å². The monoisotopic (exact) mass is 327 g/mol. The van der Waals surface area contributed by atoms with Crippen LogP contribution in [0, 0.1) is 15.9 Å². The Hall–Kier alpha value is -1.45. The third kappa shape index (κ3) is 6.13. The van der Waals surface area contributed by atoms with Gasteiger partial charge >= 0.3 is 5.69 Å². The van der Waals surface area contributed by atoms with Gasteiger partial charge in [-0.3, -0.25) is 10.1 Å². The van der Waals surface area contributed by atoms with Crippen LogP contribution >= 0.6 is 10.7 Å². The van der Waals surface area contributed by atoms with Gasteiger partial charge < -0.3 is 9.47 Å². The molecule has 0 aliphatic rings. The van der Waals surface area contributed by atoms with E-state index in [9.17, 15) is 22.9 Å². The molecule has 0 N–H and O–H groups in total. The maximum atomic E-state index is 13.0. The summed E-state index contributed by atoms with van der Waals surface area (Å²) < 4.78 is 44.0. The number of nitro benzene ring substituents is 1. The van der Waals surface area contributed by atoms with Crippen molar-refractivity contribution in [1.29, 1.82) is 0 Å². The molecule has 10 heteroatoms. The van der Waals surface area contributed by atoms with E-state index in [1.807, 2.05) is 0 Å². The summed E-state index contributed by atoms with van der Waals surface area (Å²) in [6.07, 6.45) is 0. The van der Waals surface area contributed by atoms with Gasteiger partial charge in [0, 0.05) is 22.8 Å². The van der Waals surface area contributed by atoms with E-state index in [0.717, 1.165) is 18.2 Å². The molecule has 0 amide bonds. The minimum absolute atomic E-state index is 0.0138. The van der Waals surface area contributed by atoms with Crippen molar-refractivity contribution in [2.24, 2.45) is 0 Å². The lowest BCUT2D eigenvalue weighted by Crippen LogP contribution is -2.12. The number of hydrogen-bond acceptors (Lipinski definition) is 6. The fraction of sp³-hybridized carbons (Fsp3) is 0.400. The highest BCUT2D eigenvalue weighted by molar-refractivity contribution is 8.13. The van der Waals surface area contributed by atoms with E-state index in [-0.39, 0.29) is 37.0 Å². The normalized spacial score (nSPS) is 11.3. The van der Waals surface area contributed by atoms with Gasteiger partial charge in [-0.2, -0.15) is 0 Å². The SMILES string of the molecule is O=[N+]([O-])c1ccc(F)cc1OCCOCCS(=O)(=O)Cl. The predicted molar refractivity (Wildman–Crippen MR) is 69.0 cm³/mol. The van der Waals surface area contributed by atoms with Gasteiger partial charge in [0.2, 0.25) is 9.05 Å². The summed E-state index contributed by atoms with van der Waals surface area (Å²) >= 11 is 0. The van der Waals surface area contributed by atoms with Crippen LogP contribution in [0.15, 0.2) is 18.2 Å². The highest BCUT2D eigenvalue weighted by atomic mass is 35.7. The number of halogens is 2. The zero-order valence-corrected chi connectivity index (χ0v) is 11.7. The summed E-state index contributed by atoms with van der Waals surface area (Å²) in [4.78, 5) is 9.97. The maximum Gasteiger partial charge on any atom is 0.311 e. The zero-order chi connectivity index (χ0) is 15.2. The van der Waals surface area contributed by atoms with Crippen molar-refractivity contribution >= 4 is 25.4 Å². The third-order valence-corrected chi connectivity index (χ3v) is 3.19. The Bertz CT molecular complexity index is 579. The topological polar surface area (TPSA) is 95.7 Å². The number of rotatable bonds is 8. The lowest BCUT2D eigenvalue weighted by molar-refractivity contribution is -0.385. The van der Waals surface area contributed by atoms with Gasteiger partial charge in [-0.05, 0) is 6.07 Å². The molecule has 1 aromatic carbocycles. The van der Waals surface area contributed by atoms with E-state index in [1.54, 1.807) is 0 Å². The van der Waals surface area contributed by atoms with Gasteiger partial charge in [-0.1, -0.05) is 0 Å². The van der Waals surface area contributed by atoms with Gasteiger partial charge in [0.25, 0.3) is 0 Å². The zero-order valence-electron chi connectivity index (χ0n) is 10.1. The largest absolute Gasteiger partial charge is 0.484 e. The molecule has 0 saturated heterocycles. The van der Waals surface area contributed by atoms with E-state index in [4.69, 9.17) is 20.2 Å². The Labute approximate surface area is 118 Å². The number of benzene rings is 1. The fourth-order valence-electron chi connectivity index (χ4n) is 1.23. The van der Waals surface area contributed by atoms with Crippen molar-refractivity contribution in [3.63, 3.8) is 0 Å². The highest BCUT2D eigenvalue weighted by Crippen LogP contribution is 2.27. The quantitative estimate of drug-likeness (QED) is 0.312. The van der Waals surface area contributed by atoms with Gasteiger partial charge in [0.05, 0.1) is 23.9 Å². The lowest BCUT2D eigenvalue weighted by atomic mass is 10.3. The molecule has 0 fully saturated rings. The first-order chi connectivity index (χ1) is 9.29. The molecule has 0 radical (unpaired) electrons. The van der Waals surface area contributed by atoms with Crippen molar-refractivity contribution < 1.29 is 27.2 Å². The number of nitrogens with zero attached hydrogens (tertiary/aromatic N) is 1. The first-order valence-corrected chi connectivity index (χ1v) is 7.84. The van der Waals surface area contributed by atoms with Crippen molar-refractivity contribution in [3.05, 3.63) is 34.1 Å². The molecule has 0 heterocycles. The third-order valence-electron chi connectivity index (χ3n) is 2.08. The predicted octanol–water partition coefficient (Wildman–Crippen LogP) is 1.70. The molecule has 0 bridgehead atoms. The van der Waals surface area contributed by atoms with Crippen molar-refractivity contribution in [2.45, 2.75) is 0 Å². The Morgan fingerprint density at radius 1 is 1.30 bits per heavy atom. The van der Waals surface area contributed by atoms with Crippen LogP contribution in [0.3, 0.4) is 0 Å². The number of ether oxygens (including phenoxy) is 2. The average molecular weight is 328 g/mol. The van der Waals surface area contributed by atoms with Crippen LogP contribution in [0.5, 0.6) is 5.75 Å². The first kappa shape index (κ1) is 16.6. The van der Waals surface area contributed by atoms with E-state index in [2.05, 4.69) is 0 Å². The van der Waals surface area contributed by atoms with Crippen LogP contribution in [0.2, 0.25) is 0 Å². The summed E-state index contributed by atoms with van der Waals surface area (Å²) in [5, 5.41) is 10.7. The van der Waals surface area contributed by atoms with Crippen LogP contribution in [-0.4, -0.2) is 38.9 Å². The highest BCUT2D eigenvalue weighted by Gasteiger charge is 2.15. The smallest absolute Gasteiger partial charge is 0.311 e. The van der Waals surface area contributed by atoms with Gasteiger partial charge in [0.1, 0.15) is 12.4 Å². The molecule has 112 valence electrons. The molecule has 1 rings (SSSR count). The van der Waals surface area contributed by atoms with E-state index in [0.29, 0.717) is 0 Å². The molecule has 0 unspecified atom stereocenters. The molecule has 0 aromatic heterocycles. The second kappa shape index (κ2) is 7.36. The van der Waals surface area contributed by atoms with Crippen LogP contribution in [0.1, 0.15) is 0 Å². The second-order valence-electron chi connectivity index (χ2n) is 3.57. The number of nitro groups is 1. The molecular weight excluding hydrogens is 317 g/mol. The van der Waals surface area contributed by atoms with E-state index < -0.39 is 19.8 Å². The fourth-order valence-corrected chi connectivity index (χ4v) is 1.73. The molecule has 0 aliphatic carbocycles. The minimum atomic E-state index is -3.62. The average Bonchev–Trinajstić information content (AvgIpc) is 2.32. The van der Waals surface area contributed by atoms with Gasteiger partial charge in [-0.15, -0.1) is 0 Å². The molecule has 0 spiro atoms. The van der Waals surface area contributed by atoms with Crippen molar-refractivity contribution in [3.8, 4) is 5.75 Å².